The van der Waals surface area contributed by atoms with Crippen LogP contribution in [0.25, 0.3) is 0 Å². The van der Waals surface area contributed by atoms with Gasteiger partial charge in [0, 0.05) is 30.5 Å². The molecular weight excluding hydrogens is 260 g/mol. The molecule has 18 heavy (non-hydrogen) atoms. The number of carbonyl (C=O) groups is 1. The minimum Gasteiger partial charge on any atom is -0.366 e. The third-order valence-corrected chi connectivity index (χ3v) is 10.7. The Morgan fingerprint density at radius 1 is 1.50 bits per heavy atom. The van der Waals surface area contributed by atoms with Crippen LogP contribution in [0.4, 0.5) is 0 Å². The maximum absolute atomic E-state index is 12.0. The number of thiazole rings is 1. The lowest BCUT2D eigenvalue weighted by atomic mass is 10.0. The van der Waals surface area contributed by atoms with Crippen LogP contribution in [-0.4, -0.2) is 29.7 Å². The summed E-state index contributed by atoms with van der Waals surface area (Å²) in [6.45, 7) is 11.4. The summed E-state index contributed by atoms with van der Waals surface area (Å²) in [5.74, 6) is 0.336. The fourth-order valence-electron chi connectivity index (χ4n) is 2.33. The van der Waals surface area contributed by atoms with Crippen LogP contribution in [-0.2, 0) is 11.2 Å². The minimum absolute atomic E-state index is 0.213. The van der Waals surface area contributed by atoms with Crippen LogP contribution in [0.5, 0.6) is 0 Å². The normalized spacial score (nSPS) is 21.1. The Labute approximate surface area is 114 Å². The van der Waals surface area contributed by atoms with Crippen molar-refractivity contribution in [3.63, 3.8) is 0 Å². The Morgan fingerprint density at radius 3 is 2.61 bits per heavy atom. The van der Waals surface area contributed by atoms with Crippen LogP contribution in [0.3, 0.4) is 0 Å². The summed E-state index contributed by atoms with van der Waals surface area (Å²) in [6.07, 6.45) is 3.47. The van der Waals surface area contributed by atoms with Crippen LogP contribution in [0.1, 0.15) is 32.2 Å². The Morgan fingerprint density at radius 2 is 2.17 bits per heavy atom. The lowest BCUT2D eigenvalue weighted by Crippen LogP contribution is -2.68. The molecular formula is C13H22N2OSSi. The van der Waals surface area contributed by atoms with Crippen molar-refractivity contribution >= 4 is 25.5 Å². The minimum atomic E-state index is -1.72. The number of hydrogen-bond acceptors (Lipinski definition) is 3. The molecule has 1 atom stereocenters. The van der Waals surface area contributed by atoms with Gasteiger partial charge in [0.15, 0.2) is 8.24 Å². The van der Waals surface area contributed by atoms with Gasteiger partial charge in [-0.1, -0.05) is 33.9 Å². The Bertz CT molecular complexity index is 436. The molecule has 0 radical (unpaired) electrons. The Kier molecular flexibility index (Phi) is 3.40. The van der Waals surface area contributed by atoms with Gasteiger partial charge in [0.1, 0.15) is 0 Å². The summed E-state index contributed by atoms with van der Waals surface area (Å²) in [6, 6.07) is 0.379. The largest absolute Gasteiger partial charge is 0.366 e. The van der Waals surface area contributed by atoms with Crippen LogP contribution in [0, 0.1) is 0 Å². The van der Waals surface area contributed by atoms with E-state index in [2.05, 4.69) is 43.4 Å². The first-order valence-electron chi connectivity index (χ1n) is 6.44. The van der Waals surface area contributed by atoms with Gasteiger partial charge in [0.25, 0.3) is 0 Å². The SMILES string of the molecule is CC(C)(C)[Si](C)(C)N1C(=O)CC1Cc1nccs1. The van der Waals surface area contributed by atoms with E-state index in [0.29, 0.717) is 18.4 Å². The maximum Gasteiger partial charge on any atom is 0.216 e. The number of β-lactam (4-membered cyclic amide) rings is 1. The molecule has 1 aliphatic heterocycles. The highest BCUT2D eigenvalue weighted by Crippen LogP contribution is 2.43. The highest BCUT2D eigenvalue weighted by atomic mass is 32.1. The zero-order valence-electron chi connectivity index (χ0n) is 11.9. The molecule has 0 aromatic carbocycles. The second kappa shape index (κ2) is 4.45. The lowest BCUT2D eigenvalue weighted by Gasteiger charge is -2.54. The van der Waals surface area contributed by atoms with Gasteiger partial charge in [-0.05, 0) is 5.04 Å². The molecule has 100 valence electrons. The quantitative estimate of drug-likeness (QED) is 0.629. The van der Waals surface area contributed by atoms with Crippen LogP contribution in [0.2, 0.25) is 18.1 Å². The Balaban J connectivity index is 2.14. The molecule has 1 saturated heterocycles. The van der Waals surface area contributed by atoms with E-state index < -0.39 is 8.24 Å². The van der Waals surface area contributed by atoms with Crippen molar-refractivity contribution in [2.45, 2.75) is 57.8 Å². The van der Waals surface area contributed by atoms with Gasteiger partial charge in [0.05, 0.1) is 5.01 Å². The second-order valence-corrected chi connectivity index (χ2v) is 12.6. The van der Waals surface area contributed by atoms with Gasteiger partial charge in [-0.25, -0.2) is 4.98 Å². The van der Waals surface area contributed by atoms with Gasteiger partial charge in [-0.2, -0.15) is 0 Å². The predicted molar refractivity (Wildman–Crippen MR) is 78.3 cm³/mol. The highest BCUT2D eigenvalue weighted by Gasteiger charge is 2.51. The third-order valence-electron chi connectivity index (χ3n) is 4.38. The molecule has 1 fully saturated rings. The fourth-order valence-corrected chi connectivity index (χ4v) is 5.55. The maximum atomic E-state index is 12.0. The number of carbonyl (C=O) groups excluding carboxylic acids is 1. The van der Waals surface area contributed by atoms with Crippen molar-refractivity contribution in [1.29, 1.82) is 0 Å². The molecule has 5 heteroatoms. The second-order valence-electron chi connectivity index (χ2n) is 6.56. The van der Waals surface area contributed by atoms with Crippen LogP contribution in [0.15, 0.2) is 11.6 Å². The molecule has 0 aliphatic carbocycles. The smallest absolute Gasteiger partial charge is 0.216 e. The zero-order valence-corrected chi connectivity index (χ0v) is 13.7. The average Bonchev–Trinajstić information content (AvgIpc) is 2.66. The van der Waals surface area contributed by atoms with Gasteiger partial charge in [-0.15, -0.1) is 11.3 Å². The predicted octanol–water partition coefficient (Wildman–Crippen LogP) is 3.29. The van der Waals surface area contributed by atoms with E-state index in [1.807, 2.05) is 11.6 Å². The van der Waals surface area contributed by atoms with Crippen molar-refractivity contribution in [2.24, 2.45) is 0 Å². The zero-order chi connectivity index (χ0) is 13.6. The summed E-state index contributed by atoms with van der Waals surface area (Å²) in [4.78, 5) is 16.3. The number of rotatable bonds is 3. The van der Waals surface area contributed by atoms with Crippen molar-refractivity contribution in [2.75, 3.05) is 0 Å². The summed E-state index contributed by atoms with van der Waals surface area (Å²) in [5.41, 5.74) is 0. The molecule has 1 unspecified atom stereocenters. The first-order chi connectivity index (χ1) is 8.23. The molecule has 0 saturated carbocycles. The molecule has 1 aromatic rings. The summed E-state index contributed by atoms with van der Waals surface area (Å²) in [7, 11) is -1.72. The number of hydrogen-bond donors (Lipinski definition) is 0. The third kappa shape index (κ3) is 2.25. The monoisotopic (exact) mass is 282 g/mol. The first kappa shape index (κ1) is 13.7. The summed E-state index contributed by atoms with van der Waals surface area (Å²) < 4.78 is 2.20. The van der Waals surface area contributed by atoms with Crippen molar-refractivity contribution in [3.05, 3.63) is 16.6 Å². The molecule has 1 aliphatic rings. The van der Waals surface area contributed by atoms with E-state index in [9.17, 15) is 4.79 Å². The van der Waals surface area contributed by atoms with Gasteiger partial charge < -0.3 is 4.57 Å². The van der Waals surface area contributed by atoms with Crippen molar-refractivity contribution in [3.8, 4) is 0 Å². The molecule has 0 N–H and O–H groups in total. The highest BCUT2D eigenvalue weighted by molar-refractivity contribution is 7.09. The van der Waals surface area contributed by atoms with E-state index in [1.54, 1.807) is 11.3 Å². The number of aromatic nitrogens is 1. The molecule has 1 amide bonds. The molecule has 3 nitrogen and oxygen atoms in total. The Hall–Kier alpha value is -0.683. The number of amides is 1. The van der Waals surface area contributed by atoms with E-state index in [0.717, 1.165) is 11.4 Å². The van der Waals surface area contributed by atoms with Gasteiger partial charge in [-0.3, -0.25) is 4.79 Å². The fraction of sp³-hybridized carbons (Fsp3) is 0.692. The number of nitrogens with zero attached hydrogens (tertiary/aromatic N) is 2. The van der Waals surface area contributed by atoms with Crippen LogP contribution < -0.4 is 0 Å². The summed E-state index contributed by atoms with van der Waals surface area (Å²) >= 11 is 1.69. The average molecular weight is 282 g/mol. The standard InChI is InChI=1S/C13H22N2OSSi/c1-13(2,3)18(4,5)15-10(9-12(15)16)8-11-14-6-7-17-11/h6-7,10H,8-9H2,1-5H3. The van der Waals surface area contributed by atoms with Crippen LogP contribution >= 0.6 is 11.3 Å². The molecule has 2 rings (SSSR count). The molecule has 2 heterocycles. The van der Waals surface area contributed by atoms with E-state index in [1.165, 1.54) is 0 Å². The van der Waals surface area contributed by atoms with E-state index in [-0.39, 0.29) is 5.04 Å². The van der Waals surface area contributed by atoms with E-state index in [4.69, 9.17) is 0 Å². The topological polar surface area (TPSA) is 33.2 Å². The van der Waals surface area contributed by atoms with E-state index >= 15 is 0 Å². The van der Waals surface area contributed by atoms with Gasteiger partial charge >= 0.3 is 0 Å². The molecule has 0 bridgehead atoms. The van der Waals surface area contributed by atoms with Crippen molar-refractivity contribution in [1.82, 2.24) is 9.55 Å². The van der Waals surface area contributed by atoms with Gasteiger partial charge in [0.2, 0.25) is 5.91 Å². The molecule has 1 aromatic heterocycles. The lowest BCUT2D eigenvalue weighted by molar-refractivity contribution is -0.138. The first-order valence-corrected chi connectivity index (χ1v) is 10.3. The van der Waals surface area contributed by atoms with Crippen molar-refractivity contribution < 1.29 is 4.79 Å². The summed E-state index contributed by atoms with van der Waals surface area (Å²) in [5, 5.41) is 3.37. The molecule has 0 spiro atoms.